The van der Waals surface area contributed by atoms with Crippen molar-refractivity contribution in [3.8, 4) is 0 Å². The van der Waals surface area contributed by atoms with Gasteiger partial charge in [-0.3, -0.25) is 4.79 Å². The highest BCUT2D eigenvalue weighted by Gasteiger charge is 2.53. The van der Waals surface area contributed by atoms with E-state index in [-0.39, 0.29) is 21.4 Å². The minimum Gasteiger partial charge on any atom is -0.352 e. The standard InChI is InChI=1S/C20H21ClN6O3S/c1-22-31(29,30)16-3-2-13(10-15(16)21)19(28)27-9-8-26(11-20(27)5-6-20)18-14-4-7-23-17(14)24-12-25-18/h2-4,7,10,12,22H,5-6,8-9,11H2,1H3,(H,23,24,25). The Morgan fingerprint density at radius 1 is 1.23 bits per heavy atom. The van der Waals surface area contributed by atoms with Crippen LogP contribution in [-0.2, 0) is 10.0 Å². The number of rotatable bonds is 4. The molecule has 0 atom stereocenters. The normalized spacial score (nSPS) is 18.0. The Kier molecular flexibility index (Phi) is 4.68. The van der Waals surface area contributed by atoms with Crippen LogP contribution in [0.1, 0.15) is 23.2 Å². The molecule has 0 radical (unpaired) electrons. The van der Waals surface area contributed by atoms with E-state index >= 15 is 0 Å². The molecule has 1 aromatic carbocycles. The lowest BCUT2D eigenvalue weighted by Gasteiger charge is -2.43. The first kappa shape index (κ1) is 20.2. The average molecular weight is 461 g/mol. The summed E-state index contributed by atoms with van der Waals surface area (Å²) in [5.41, 5.74) is 0.930. The fraction of sp³-hybridized carbons (Fsp3) is 0.350. The van der Waals surface area contributed by atoms with E-state index in [0.717, 1.165) is 29.7 Å². The highest BCUT2D eigenvalue weighted by molar-refractivity contribution is 7.89. The number of anilines is 1. The average Bonchev–Trinajstić information content (AvgIpc) is 3.34. The van der Waals surface area contributed by atoms with Gasteiger partial charge in [-0.15, -0.1) is 0 Å². The van der Waals surface area contributed by atoms with Gasteiger partial charge in [0.15, 0.2) is 0 Å². The van der Waals surface area contributed by atoms with E-state index in [2.05, 4.69) is 24.6 Å². The number of carbonyl (C=O) groups is 1. The van der Waals surface area contributed by atoms with E-state index in [1.165, 1.54) is 25.2 Å². The van der Waals surface area contributed by atoms with Crippen molar-refractivity contribution >= 4 is 44.4 Å². The zero-order chi connectivity index (χ0) is 21.8. The molecule has 9 nitrogen and oxygen atoms in total. The highest BCUT2D eigenvalue weighted by Crippen LogP contribution is 2.46. The number of benzene rings is 1. The van der Waals surface area contributed by atoms with Gasteiger partial charge in [-0.1, -0.05) is 11.6 Å². The van der Waals surface area contributed by atoms with E-state index in [0.29, 0.717) is 25.2 Å². The number of piperazine rings is 1. The van der Waals surface area contributed by atoms with E-state index in [1.54, 1.807) is 6.33 Å². The van der Waals surface area contributed by atoms with Gasteiger partial charge in [0.05, 0.1) is 15.9 Å². The van der Waals surface area contributed by atoms with Crippen LogP contribution in [-0.4, -0.2) is 66.4 Å². The van der Waals surface area contributed by atoms with Crippen molar-refractivity contribution in [2.24, 2.45) is 0 Å². The van der Waals surface area contributed by atoms with Crippen LogP contribution < -0.4 is 9.62 Å². The number of hydrogen-bond donors (Lipinski definition) is 2. The minimum atomic E-state index is -3.69. The molecule has 162 valence electrons. The third-order valence-electron chi connectivity index (χ3n) is 6.09. The number of nitrogens with one attached hydrogen (secondary N) is 2. The van der Waals surface area contributed by atoms with Gasteiger partial charge in [0, 0.05) is 31.4 Å². The molecule has 1 aliphatic heterocycles. The number of aromatic amines is 1. The van der Waals surface area contributed by atoms with Crippen molar-refractivity contribution in [2.75, 3.05) is 31.6 Å². The Morgan fingerprint density at radius 2 is 2.03 bits per heavy atom. The SMILES string of the molecule is CNS(=O)(=O)c1ccc(C(=O)N2CCN(c3ncnc4[nH]ccc34)CC23CC3)cc1Cl. The van der Waals surface area contributed by atoms with Crippen molar-refractivity contribution in [3.05, 3.63) is 47.4 Å². The molecular formula is C20H21ClN6O3S. The van der Waals surface area contributed by atoms with Gasteiger partial charge in [0.25, 0.3) is 5.91 Å². The second kappa shape index (κ2) is 7.18. The molecule has 2 fully saturated rings. The molecule has 3 aromatic rings. The zero-order valence-corrected chi connectivity index (χ0v) is 18.4. The zero-order valence-electron chi connectivity index (χ0n) is 16.8. The molecule has 1 spiro atoms. The van der Waals surface area contributed by atoms with Crippen LogP contribution in [0.2, 0.25) is 5.02 Å². The number of fused-ring (bicyclic) bond motifs is 1. The summed E-state index contributed by atoms with van der Waals surface area (Å²) < 4.78 is 26.3. The lowest BCUT2D eigenvalue weighted by Crippen LogP contribution is -2.57. The molecule has 2 aliphatic rings. The lowest BCUT2D eigenvalue weighted by atomic mass is 10.1. The summed E-state index contributed by atoms with van der Waals surface area (Å²) in [5, 5.41) is 0.991. The molecule has 2 aromatic heterocycles. The molecule has 5 rings (SSSR count). The van der Waals surface area contributed by atoms with Crippen LogP contribution in [0.3, 0.4) is 0 Å². The second-order valence-electron chi connectivity index (χ2n) is 7.89. The van der Waals surface area contributed by atoms with Crippen molar-refractivity contribution < 1.29 is 13.2 Å². The predicted octanol–water partition coefficient (Wildman–Crippen LogP) is 2.01. The lowest BCUT2D eigenvalue weighted by molar-refractivity contribution is 0.0624. The van der Waals surface area contributed by atoms with Crippen molar-refractivity contribution in [1.82, 2.24) is 24.6 Å². The van der Waals surface area contributed by atoms with Crippen LogP contribution in [0.15, 0.2) is 41.7 Å². The largest absolute Gasteiger partial charge is 0.352 e. The third kappa shape index (κ3) is 3.35. The first-order chi connectivity index (χ1) is 14.8. The fourth-order valence-electron chi connectivity index (χ4n) is 4.28. The number of sulfonamides is 1. The number of halogens is 1. The van der Waals surface area contributed by atoms with Crippen LogP contribution in [0.5, 0.6) is 0 Å². The number of amides is 1. The fourth-order valence-corrected chi connectivity index (χ4v) is 5.54. The molecule has 2 N–H and O–H groups in total. The quantitative estimate of drug-likeness (QED) is 0.616. The number of hydrogen-bond acceptors (Lipinski definition) is 6. The Hall–Kier alpha value is -2.69. The summed E-state index contributed by atoms with van der Waals surface area (Å²) in [6.45, 7) is 1.88. The van der Waals surface area contributed by atoms with Crippen molar-refractivity contribution in [2.45, 2.75) is 23.3 Å². The number of aromatic nitrogens is 3. The molecule has 1 saturated carbocycles. The maximum atomic E-state index is 13.3. The smallest absolute Gasteiger partial charge is 0.254 e. The molecule has 0 unspecified atom stereocenters. The molecule has 31 heavy (non-hydrogen) atoms. The second-order valence-corrected chi connectivity index (χ2v) is 10.2. The van der Waals surface area contributed by atoms with Gasteiger partial charge >= 0.3 is 0 Å². The van der Waals surface area contributed by atoms with Crippen LogP contribution in [0, 0.1) is 0 Å². The summed E-state index contributed by atoms with van der Waals surface area (Å²) in [6, 6.07) is 6.30. The van der Waals surface area contributed by atoms with Crippen LogP contribution in [0.4, 0.5) is 5.82 Å². The molecular weight excluding hydrogens is 440 g/mol. The van der Waals surface area contributed by atoms with Crippen LogP contribution in [0.25, 0.3) is 11.0 Å². The Balaban J connectivity index is 1.40. The summed E-state index contributed by atoms with van der Waals surface area (Å²) in [6.07, 6.45) is 5.22. The van der Waals surface area contributed by atoms with Gasteiger partial charge in [0.1, 0.15) is 22.7 Å². The van der Waals surface area contributed by atoms with Crippen molar-refractivity contribution in [1.29, 1.82) is 0 Å². The maximum absolute atomic E-state index is 13.3. The van der Waals surface area contributed by atoms with Gasteiger partial charge in [-0.05, 0) is 44.2 Å². The van der Waals surface area contributed by atoms with Gasteiger partial charge in [-0.2, -0.15) is 0 Å². The Bertz CT molecular complexity index is 1290. The van der Waals surface area contributed by atoms with E-state index < -0.39 is 10.0 Å². The maximum Gasteiger partial charge on any atom is 0.254 e. The molecule has 1 saturated heterocycles. The Labute approximate surface area is 184 Å². The van der Waals surface area contributed by atoms with E-state index in [1.807, 2.05) is 17.2 Å². The van der Waals surface area contributed by atoms with E-state index in [4.69, 9.17) is 11.6 Å². The van der Waals surface area contributed by atoms with Gasteiger partial charge < -0.3 is 14.8 Å². The Morgan fingerprint density at radius 3 is 2.74 bits per heavy atom. The summed E-state index contributed by atoms with van der Waals surface area (Å²) >= 11 is 6.20. The summed E-state index contributed by atoms with van der Waals surface area (Å²) in [7, 11) is -2.37. The molecule has 1 amide bonds. The number of carbonyl (C=O) groups excluding carboxylic acids is 1. The molecule has 3 heterocycles. The first-order valence-corrected chi connectivity index (χ1v) is 11.8. The van der Waals surface area contributed by atoms with Gasteiger partial charge in [-0.25, -0.2) is 23.1 Å². The first-order valence-electron chi connectivity index (χ1n) is 9.93. The van der Waals surface area contributed by atoms with Gasteiger partial charge in [0.2, 0.25) is 10.0 Å². The van der Waals surface area contributed by atoms with Crippen LogP contribution >= 0.6 is 11.6 Å². The van der Waals surface area contributed by atoms with Crippen molar-refractivity contribution in [3.63, 3.8) is 0 Å². The predicted molar refractivity (Wildman–Crippen MR) is 117 cm³/mol. The topological polar surface area (TPSA) is 111 Å². The summed E-state index contributed by atoms with van der Waals surface area (Å²) in [4.78, 5) is 29.2. The molecule has 0 bridgehead atoms. The summed E-state index contributed by atoms with van der Waals surface area (Å²) in [5.74, 6) is 0.733. The molecule has 1 aliphatic carbocycles. The number of nitrogens with zero attached hydrogens (tertiary/aromatic N) is 4. The molecule has 11 heteroatoms. The highest BCUT2D eigenvalue weighted by atomic mass is 35.5. The minimum absolute atomic E-state index is 0.0273. The van der Waals surface area contributed by atoms with E-state index in [9.17, 15) is 13.2 Å². The monoisotopic (exact) mass is 460 g/mol. The third-order valence-corrected chi connectivity index (χ3v) is 7.99. The number of H-pyrrole nitrogens is 1.